The topological polar surface area (TPSA) is 121 Å². The highest BCUT2D eigenvalue weighted by atomic mass is 32.2. The molecular formula is C26H30N4O5S. The Labute approximate surface area is 210 Å². The molecule has 1 aliphatic heterocycles. The van der Waals surface area contributed by atoms with Crippen LogP contribution in [-0.4, -0.2) is 43.5 Å². The van der Waals surface area contributed by atoms with Crippen molar-refractivity contribution in [1.82, 2.24) is 14.7 Å². The summed E-state index contributed by atoms with van der Waals surface area (Å²) in [7, 11) is -2.81. The average molecular weight is 511 g/mol. The zero-order valence-electron chi connectivity index (χ0n) is 21.0. The number of carbonyl (C=O) groups excluding carboxylic acids is 1. The summed E-state index contributed by atoms with van der Waals surface area (Å²) < 4.78 is 33.4. The molecule has 0 aliphatic carbocycles. The maximum atomic E-state index is 13.3. The standard InChI is InChI=1S/C26H30N4O5S/c1-16-14-26(3,4)30(15-16)23-19(24(31)29-36(33,34)21-10-7-13-27-25(21)32)11-12-20(28-23)18-9-6-8-17(2)22(18)35-5/h6-13,16H,14-15H2,1-5H3,(H,27,32)(H,29,31)/t16-/m0/s1. The molecule has 0 unspecified atom stereocenters. The second kappa shape index (κ2) is 9.42. The van der Waals surface area contributed by atoms with E-state index in [1.165, 1.54) is 12.3 Å². The summed E-state index contributed by atoms with van der Waals surface area (Å²) in [5.74, 6) is 0.536. The molecule has 2 N–H and O–H groups in total. The predicted octanol–water partition coefficient (Wildman–Crippen LogP) is 3.50. The molecule has 1 aliphatic rings. The minimum atomic E-state index is -4.41. The first-order chi connectivity index (χ1) is 16.9. The number of amides is 1. The van der Waals surface area contributed by atoms with Gasteiger partial charge in [-0.2, -0.15) is 0 Å². The number of hydrogen-bond acceptors (Lipinski definition) is 7. The van der Waals surface area contributed by atoms with Crippen molar-refractivity contribution in [3.63, 3.8) is 0 Å². The molecule has 190 valence electrons. The summed E-state index contributed by atoms with van der Waals surface area (Å²) in [6.45, 7) is 8.85. The summed E-state index contributed by atoms with van der Waals surface area (Å²) in [5.41, 5.74) is 1.27. The quantitative estimate of drug-likeness (QED) is 0.521. The minimum absolute atomic E-state index is 0.100. The highest BCUT2D eigenvalue weighted by Crippen LogP contribution is 2.39. The number of benzene rings is 1. The smallest absolute Gasteiger partial charge is 0.269 e. The Kier molecular flexibility index (Phi) is 6.66. The number of nitrogens with zero attached hydrogens (tertiary/aromatic N) is 2. The van der Waals surface area contributed by atoms with Gasteiger partial charge in [-0.25, -0.2) is 18.1 Å². The van der Waals surface area contributed by atoms with Gasteiger partial charge in [-0.15, -0.1) is 0 Å². The molecule has 9 nitrogen and oxygen atoms in total. The minimum Gasteiger partial charge on any atom is -0.496 e. The van der Waals surface area contributed by atoms with Crippen molar-refractivity contribution in [2.75, 3.05) is 18.6 Å². The first kappa shape index (κ1) is 25.4. The lowest BCUT2D eigenvalue weighted by Gasteiger charge is -2.34. The molecule has 1 aromatic carbocycles. The molecule has 1 fully saturated rings. The van der Waals surface area contributed by atoms with Gasteiger partial charge in [0.05, 0.1) is 18.4 Å². The summed E-state index contributed by atoms with van der Waals surface area (Å²) in [6, 6.07) is 11.5. The van der Waals surface area contributed by atoms with Crippen LogP contribution < -0.4 is 19.9 Å². The van der Waals surface area contributed by atoms with E-state index in [0.717, 1.165) is 23.6 Å². The molecule has 3 aromatic rings. The van der Waals surface area contributed by atoms with Gasteiger partial charge in [-0.3, -0.25) is 9.59 Å². The number of sulfonamides is 1. The van der Waals surface area contributed by atoms with Crippen LogP contribution in [0.25, 0.3) is 11.3 Å². The molecule has 10 heteroatoms. The maximum Gasteiger partial charge on any atom is 0.269 e. The number of aromatic amines is 1. The van der Waals surface area contributed by atoms with Crippen LogP contribution in [-0.2, 0) is 10.0 Å². The molecule has 0 spiro atoms. The second-order valence-electron chi connectivity index (χ2n) is 9.75. The number of anilines is 1. The van der Waals surface area contributed by atoms with Crippen LogP contribution in [0.3, 0.4) is 0 Å². The lowest BCUT2D eigenvalue weighted by atomic mass is 9.97. The van der Waals surface area contributed by atoms with Crippen LogP contribution in [0.15, 0.2) is 58.4 Å². The van der Waals surface area contributed by atoms with Crippen molar-refractivity contribution in [2.24, 2.45) is 5.92 Å². The van der Waals surface area contributed by atoms with Gasteiger partial charge in [-0.1, -0.05) is 19.1 Å². The van der Waals surface area contributed by atoms with Gasteiger partial charge in [-0.05, 0) is 69.0 Å². The Morgan fingerprint density at radius 3 is 2.58 bits per heavy atom. The molecule has 1 atom stereocenters. The lowest BCUT2D eigenvalue weighted by molar-refractivity contribution is 0.0981. The van der Waals surface area contributed by atoms with E-state index >= 15 is 0 Å². The molecule has 0 radical (unpaired) electrons. The average Bonchev–Trinajstić information content (AvgIpc) is 3.09. The summed E-state index contributed by atoms with van der Waals surface area (Å²) in [5, 5.41) is 0. The zero-order valence-corrected chi connectivity index (χ0v) is 21.8. The highest BCUT2D eigenvalue weighted by molar-refractivity contribution is 7.90. The fourth-order valence-electron chi connectivity index (χ4n) is 4.92. The fourth-order valence-corrected chi connectivity index (χ4v) is 5.94. The van der Waals surface area contributed by atoms with Crippen molar-refractivity contribution in [1.29, 1.82) is 0 Å². The van der Waals surface area contributed by atoms with Gasteiger partial charge in [0.2, 0.25) is 0 Å². The Hall–Kier alpha value is -3.66. The van der Waals surface area contributed by atoms with Crippen LogP contribution >= 0.6 is 0 Å². The molecule has 1 saturated heterocycles. The van der Waals surface area contributed by atoms with Gasteiger partial charge in [0, 0.05) is 23.8 Å². The molecule has 1 amide bonds. The third-order valence-electron chi connectivity index (χ3n) is 6.44. The Morgan fingerprint density at radius 1 is 1.19 bits per heavy atom. The number of ether oxygens (including phenoxy) is 1. The Balaban J connectivity index is 1.83. The van der Waals surface area contributed by atoms with Crippen LogP contribution in [0.1, 0.15) is 43.1 Å². The van der Waals surface area contributed by atoms with Crippen molar-refractivity contribution < 1.29 is 17.9 Å². The SMILES string of the molecule is COc1c(C)cccc1-c1ccc(C(=O)NS(=O)(=O)c2ccc[nH]c2=O)c(N2C[C@@H](C)CC2(C)C)n1. The molecule has 0 bridgehead atoms. The third kappa shape index (κ3) is 4.73. The number of nitrogens with one attached hydrogen (secondary N) is 2. The maximum absolute atomic E-state index is 13.3. The predicted molar refractivity (Wildman–Crippen MR) is 138 cm³/mol. The number of rotatable bonds is 6. The number of methoxy groups -OCH3 is 1. The number of para-hydroxylation sites is 1. The van der Waals surface area contributed by atoms with E-state index in [4.69, 9.17) is 9.72 Å². The van der Waals surface area contributed by atoms with Crippen LogP contribution in [0.2, 0.25) is 0 Å². The van der Waals surface area contributed by atoms with Crippen LogP contribution in [0.5, 0.6) is 5.75 Å². The first-order valence-electron chi connectivity index (χ1n) is 11.6. The Bertz CT molecular complexity index is 1480. The van der Waals surface area contributed by atoms with Gasteiger partial charge in [0.15, 0.2) is 4.90 Å². The zero-order chi connectivity index (χ0) is 26.3. The van der Waals surface area contributed by atoms with Crippen LogP contribution in [0, 0.1) is 12.8 Å². The van der Waals surface area contributed by atoms with E-state index in [1.807, 2.05) is 34.7 Å². The van der Waals surface area contributed by atoms with Gasteiger partial charge < -0.3 is 14.6 Å². The fraction of sp³-hybridized carbons (Fsp3) is 0.346. The third-order valence-corrected chi connectivity index (χ3v) is 7.79. The first-order valence-corrected chi connectivity index (χ1v) is 13.1. The van der Waals surface area contributed by atoms with E-state index in [0.29, 0.717) is 29.7 Å². The summed E-state index contributed by atoms with van der Waals surface area (Å²) >= 11 is 0. The number of aromatic nitrogens is 2. The highest BCUT2D eigenvalue weighted by Gasteiger charge is 2.39. The number of hydrogen-bond donors (Lipinski definition) is 2. The lowest BCUT2D eigenvalue weighted by Crippen LogP contribution is -2.41. The number of H-pyrrole nitrogens is 1. The molecule has 4 rings (SSSR count). The number of carbonyl (C=O) groups is 1. The monoisotopic (exact) mass is 510 g/mol. The van der Waals surface area contributed by atoms with Crippen molar-refractivity contribution in [3.8, 4) is 17.0 Å². The Morgan fingerprint density at radius 2 is 1.94 bits per heavy atom. The van der Waals surface area contributed by atoms with E-state index in [2.05, 4.69) is 25.8 Å². The number of pyridine rings is 2. The molecular weight excluding hydrogens is 480 g/mol. The van der Waals surface area contributed by atoms with Crippen molar-refractivity contribution >= 4 is 21.7 Å². The van der Waals surface area contributed by atoms with Crippen molar-refractivity contribution in [3.05, 3.63) is 70.1 Å². The molecule has 36 heavy (non-hydrogen) atoms. The molecule has 2 aromatic heterocycles. The second-order valence-corrected chi connectivity index (χ2v) is 11.4. The van der Waals surface area contributed by atoms with Crippen molar-refractivity contribution in [2.45, 2.75) is 44.6 Å². The number of aryl methyl sites for hydroxylation is 1. The van der Waals surface area contributed by atoms with E-state index < -0.39 is 26.4 Å². The summed E-state index contributed by atoms with van der Waals surface area (Å²) in [6.07, 6.45) is 2.20. The molecule has 3 heterocycles. The van der Waals surface area contributed by atoms with Gasteiger partial charge in [0.25, 0.3) is 21.5 Å². The molecule has 0 saturated carbocycles. The van der Waals surface area contributed by atoms with E-state index in [-0.39, 0.29) is 11.1 Å². The van der Waals surface area contributed by atoms with E-state index in [9.17, 15) is 18.0 Å². The largest absolute Gasteiger partial charge is 0.496 e. The van der Waals surface area contributed by atoms with Crippen LogP contribution in [0.4, 0.5) is 5.82 Å². The normalized spacial score (nSPS) is 17.1. The van der Waals surface area contributed by atoms with Gasteiger partial charge >= 0.3 is 0 Å². The van der Waals surface area contributed by atoms with E-state index in [1.54, 1.807) is 19.2 Å². The van der Waals surface area contributed by atoms with Gasteiger partial charge in [0.1, 0.15) is 11.6 Å². The summed E-state index contributed by atoms with van der Waals surface area (Å²) in [4.78, 5) is 34.1.